The molecule has 3 aromatic rings. The van der Waals surface area contributed by atoms with Gasteiger partial charge < -0.3 is 4.40 Å². The van der Waals surface area contributed by atoms with Crippen molar-refractivity contribution < 1.29 is 0 Å². The molecule has 16 heavy (non-hydrogen) atoms. The SMILES string of the molecule is Cc1cccc2nc(-c3ccc(Cl)s3)cn12. The lowest BCUT2D eigenvalue weighted by atomic mass is 10.4. The maximum atomic E-state index is 5.92. The summed E-state index contributed by atoms with van der Waals surface area (Å²) in [6, 6.07) is 10.00. The van der Waals surface area contributed by atoms with Crippen molar-refractivity contribution in [1.29, 1.82) is 0 Å². The van der Waals surface area contributed by atoms with E-state index in [1.165, 1.54) is 5.69 Å². The number of aryl methyl sites for hydroxylation is 1. The Labute approximate surface area is 102 Å². The first-order chi connectivity index (χ1) is 7.74. The summed E-state index contributed by atoms with van der Waals surface area (Å²) in [6.45, 7) is 2.07. The molecule has 3 aromatic heterocycles. The van der Waals surface area contributed by atoms with Crippen LogP contribution in [0.4, 0.5) is 0 Å². The van der Waals surface area contributed by atoms with E-state index in [0.29, 0.717) is 0 Å². The Balaban J connectivity index is 2.22. The summed E-state index contributed by atoms with van der Waals surface area (Å²) >= 11 is 7.48. The number of fused-ring (bicyclic) bond motifs is 1. The highest BCUT2D eigenvalue weighted by Crippen LogP contribution is 2.30. The van der Waals surface area contributed by atoms with Gasteiger partial charge in [-0.2, -0.15) is 0 Å². The molecule has 0 saturated carbocycles. The first-order valence-electron chi connectivity index (χ1n) is 4.94. The lowest BCUT2D eigenvalue weighted by Gasteiger charge is -1.95. The number of pyridine rings is 1. The Morgan fingerprint density at radius 3 is 2.81 bits per heavy atom. The Morgan fingerprint density at radius 2 is 2.12 bits per heavy atom. The van der Waals surface area contributed by atoms with E-state index in [2.05, 4.69) is 22.4 Å². The van der Waals surface area contributed by atoms with Crippen LogP contribution in [0.3, 0.4) is 0 Å². The van der Waals surface area contributed by atoms with Crippen LogP contribution < -0.4 is 0 Å². The van der Waals surface area contributed by atoms with Gasteiger partial charge in [0.1, 0.15) is 5.65 Å². The van der Waals surface area contributed by atoms with Crippen LogP contribution in [0, 0.1) is 6.92 Å². The minimum Gasteiger partial charge on any atom is -0.304 e. The van der Waals surface area contributed by atoms with Crippen molar-refractivity contribution >= 4 is 28.6 Å². The monoisotopic (exact) mass is 248 g/mol. The molecule has 3 heterocycles. The van der Waals surface area contributed by atoms with Gasteiger partial charge in [0.05, 0.1) is 14.9 Å². The summed E-state index contributed by atoms with van der Waals surface area (Å²) < 4.78 is 2.88. The summed E-state index contributed by atoms with van der Waals surface area (Å²) in [5, 5.41) is 0. The van der Waals surface area contributed by atoms with Gasteiger partial charge >= 0.3 is 0 Å². The largest absolute Gasteiger partial charge is 0.304 e. The van der Waals surface area contributed by atoms with Crippen molar-refractivity contribution in [1.82, 2.24) is 9.38 Å². The smallest absolute Gasteiger partial charge is 0.137 e. The fraction of sp³-hybridized carbons (Fsp3) is 0.0833. The quantitative estimate of drug-likeness (QED) is 0.636. The number of hydrogen-bond donors (Lipinski definition) is 0. The Kier molecular flexibility index (Phi) is 2.23. The number of thiophene rings is 1. The second kappa shape index (κ2) is 3.61. The molecule has 0 unspecified atom stereocenters. The first kappa shape index (κ1) is 9.87. The molecule has 3 rings (SSSR count). The van der Waals surface area contributed by atoms with Crippen LogP contribution in [0.5, 0.6) is 0 Å². The molecule has 0 saturated heterocycles. The van der Waals surface area contributed by atoms with Crippen molar-refractivity contribution in [3.63, 3.8) is 0 Å². The predicted octanol–water partition coefficient (Wildman–Crippen LogP) is 4.02. The molecule has 0 spiro atoms. The summed E-state index contributed by atoms with van der Waals surface area (Å²) in [4.78, 5) is 5.68. The van der Waals surface area contributed by atoms with Gasteiger partial charge in [-0.1, -0.05) is 17.7 Å². The van der Waals surface area contributed by atoms with Crippen LogP contribution in [-0.4, -0.2) is 9.38 Å². The minimum atomic E-state index is 0.795. The van der Waals surface area contributed by atoms with E-state index < -0.39 is 0 Å². The lowest BCUT2D eigenvalue weighted by molar-refractivity contribution is 1.09. The normalized spacial score (nSPS) is 11.1. The zero-order valence-electron chi connectivity index (χ0n) is 8.64. The summed E-state index contributed by atoms with van der Waals surface area (Å²) in [5.41, 5.74) is 3.13. The molecule has 0 atom stereocenters. The number of imidazole rings is 1. The second-order valence-electron chi connectivity index (χ2n) is 3.63. The van der Waals surface area contributed by atoms with Crippen molar-refractivity contribution in [2.75, 3.05) is 0 Å². The molecule has 4 heteroatoms. The Morgan fingerprint density at radius 1 is 1.25 bits per heavy atom. The molecule has 0 fully saturated rings. The highest BCUT2D eigenvalue weighted by atomic mass is 35.5. The van der Waals surface area contributed by atoms with Crippen LogP contribution in [0.2, 0.25) is 4.34 Å². The number of aromatic nitrogens is 2. The molecule has 0 aromatic carbocycles. The highest BCUT2D eigenvalue weighted by Gasteiger charge is 2.07. The number of halogens is 1. The summed E-state index contributed by atoms with van der Waals surface area (Å²) in [6.07, 6.45) is 2.05. The third-order valence-corrected chi connectivity index (χ3v) is 3.78. The average Bonchev–Trinajstić information content (AvgIpc) is 2.84. The number of rotatable bonds is 1. The molecule has 0 aliphatic heterocycles. The van der Waals surface area contributed by atoms with E-state index in [9.17, 15) is 0 Å². The third-order valence-electron chi connectivity index (χ3n) is 2.52. The lowest BCUT2D eigenvalue weighted by Crippen LogP contribution is -1.86. The van der Waals surface area contributed by atoms with Crippen molar-refractivity contribution in [3.05, 3.63) is 46.6 Å². The molecule has 80 valence electrons. The standard InChI is InChI=1S/C12H9ClN2S/c1-8-3-2-4-12-14-9(7-15(8)12)10-5-6-11(13)16-10/h2-7H,1H3. The zero-order chi connectivity index (χ0) is 11.1. The minimum absolute atomic E-state index is 0.795. The molecular weight excluding hydrogens is 240 g/mol. The average molecular weight is 249 g/mol. The topological polar surface area (TPSA) is 17.3 Å². The van der Waals surface area contributed by atoms with Crippen LogP contribution in [0.15, 0.2) is 36.5 Å². The van der Waals surface area contributed by atoms with Crippen LogP contribution in [-0.2, 0) is 0 Å². The Hall–Kier alpha value is -1.32. The van der Waals surface area contributed by atoms with E-state index >= 15 is 0 Å². The molecule has 0 aliphatic carbocycles. The third kappa shape index (κ3) is 1.52. The highest BCUT2D eigenvalue weighted by molar-refractivity contribution is 7.19. The van der Waals surface area contributed by atoms with Gasteiger partial charge in [0, 0.05) is 11.9 Å². The van der Waals surface area contributed by atoms with Crippen molar-refractivity contribution in [2.24, 2.45) is 0 Å². The van der Waals surface area contributed by atoms with E-state index in [-0.39, 0.29) is 0 Å². The van der Waals surface area contributed by atoms with Gasteiger partial charge in [0.15, 0.2) is 0 Å². The fourth-order valence-corrected chi connectivity index (χ4v) is 2.72. The molecule has 0 radical (unpaired) electrons. The molecule has 0 aliphatic rings. The predicted molar refractivity (Wildman–Crippen MR) is 68.3 cm³/mol. The Bertz CT molecular complexity index is 654. The van der Waals surface area contributed by atoms with E-state index in [1.54, 1.807) is 11.3 Å². The van der Waals surface area contributed by atoms with Gasteiger partial charge in [-0.3, -0.25) is 0 Å². The van der Waals surface area contributed by atoms with Crippen LogP contribution in [0.25, 0.3) is 16.2 Å². The van der Waals surface area contributed by atoms with Crippen LogP contribution >= 0.6 is 22.9 Å². The zero-order valence-corrected chi connectivity index (χ0v) is 10.2. The second-order valence-corrected chi connectivity index (χ2v) is 5.34. The van der Waals surface area contributed by atoms with Gasteiger partial charge in [-0.15, -0.1) is 11.3 Å². The van der Waals surface area contributed by atoms with Crippen molar-refractivity contribution in [2.45, 2.75) is 6.92 Å². The molecule has 2 nitrogen and oxygen atoms in total. The number of hydrogen-bond acceptors (Lipinski definition) is 2. The van der Waals surface area contributed by atoms with E-state index in [1.807, 2.05) is 30.5 Å². The molecule has 0 amide bonds. The van der Waals surface area contributed by atoms with Gasteiger partial charge in [0.2, 0.25) is 0 Å². The van der Waals surface area contributed by atoms with Crippen LogP contribution in [0.1, 0.15) is 5.69 Å². The summed E-state index contributed by atoms with van der Waals surface area (Å²) in [5.74, 6) is 0. The van der Waals surface area contributed by atoms with Crippen molar-refractivity contribution in [3.8, 4) is 10.6 Å². The molecular formula is C12H9ClN2S. The maximum absolute atomic E-state index is 5.92. The van der Waals surface area contributed by atoms with Gasteiger partial charge in [-0.25, -0.2) is 4.98 Å². The number of nitrogens with zero attached hydrogens (tertiary/aromatic N) is 2. The van der Waals surface area contributed by atoms with E-state index in [0.717, 1.165) is 20.6 Å². The van der Waals surface area contributed by atoms with Gasteiger partial charge in [0.25, 0.3) is 0 Å². The molecule has 0 bridgehead atoms. The summed E-state index contributed by atoms with van der Waals surface area (Å²) in [7, 11) is 0. The van der Waals surface area contributed by atoms with Gasteiger partial charge in [-0.05, 0) is 31.2 Å². The first-order valence-corrected chi connectivity index (χ1v) is 6.14. The maximum Gasteiger partial charge on any atom is 0.137 e. The van der Waals surface area contributed by atoms with E-state index in [4.69, 9.17) is 11.6 Å². The fourth-order valence-electron chi connectivity index (χ4n) is 1.72. The molecule has 0 N–H and O–H groups in total.